The highest BCUT2D eigenvalue weighted by atomic mass is 35.5. The molecule has 6 nitrogen and oxygen atoms in total. The minimum Gasteiger partial charge on any atom is -0.472 e. The molecule has 0 N–H and O–H groups in total. The molecule has 0 saturated carbocycles. The van der Waals surface area contributed by atoms with Crippen LogP contribution in [0, 0.1) is 16.0 Å². The smallest absolute Gasteiger partial charge is 0.332 e. The number of hydrogen-bond acceptors (Lipinski definition) is 5. The lowest BCUT2D eigenvalue weighted by atomic mass is 10.00. The highest BCUT2D eigenvalue weighted by Crippen LogP contribution is 2.28. The molecule has 104 valence electrons. The van der Waals surface area contributed by atoms with Crippen LogP contribution >= 0.6 is 11.6 Å². The van der Waals surface area contributed by atoms with Crippen LogP contribution in [0.25, 0.3) is 0 Å². The topological polar surface area (TPSA) is 68.5 Å². The second kappa shape index (κ2) is 6.16. The number of piperidine rings is 1. The molecule has 0 bridgehead atoms. The van der Waals surface area contributed by atoms with Crippen molar-refractivity contribution < 1.29 is 9.66 Å². The van der Waals surface area contributed by atoms with Gasteiger partial charge in [0.05, 0.1) is 22.7 Å². The Kier molecular flexibility index (Phi) is 4.55. The average Bonchev–Trinajstić information content (AvgIpc) is 2.37. The van der Waals surface area contributed by atoms with Crippen LogP contribution in [0.4, 0.5) is 5.69 Å². The van der Waals surface area contributed by atoms with Gasteiger partial charge in [-0.25, -0.2) is 4.98 Å². The van der Waals surface area contributed by atoms with Crippen molar-refractivity contribution in [2.24, 2.45) is 5.92 Å². The Bertz CT molecular complexity index is 470. The molecule has 0 aliphatic carbocycles. The van der Waals surface area contributed by atoms with Gasteiger partial charge in [0.1, 0.15) is 0 Å². The summed E-state index contributed by atoms with van der Waals surface area (Å²) in [6, 6.07) is 1.26. The van der Waals surface area contributed by atoms with Gasteiger partial charge in [-0.3, -0.25) is 10.1 Å². The van der Waals surface area contributed by atoms with Crippen molar-refractivity contribution in [3.63, 3.8) is 0 Å². The summed E-state index contributed by atoms with van der Waals surface area (Å²) in [5.41, 5.74) is -0.184. The van der Waals surface area contributed by atoms with Crippen molar-refractivity contribution in [3.05, 3.63) is 27.4 Å². The maximum absolute atomic E-state index is 10.9. The fourth-order valence-electron chi connectivity index (χ4n) is 2.26. The first kappa shape index (κ1) is 14.0. The minimum atomic E-state index is -0.527. The summed E-state index contributed by atoms with van der Waals surface area (Å²) in [4.78, 5) is 16.5. The van der Waals surface area contributed by atoms with Gasteiger partial charge in [0, 0.05) is 18.5 Å². The summed E-state index contributed by atoms with van der Waals surface area (Å²) < 4.78 is 5.50. The number of nitrogens with zero attached hydrogens (tertiary/aromatic N) is 3. The molecule has 0 amide bonds. The number of aromatic nitrogens is 1. The quantitative estimate of drug-likeness (QED) is 0.627. The Morgan fingerprint density at radius 1 is 1.68 bits per heavy atom. The molecule has 0 aromatic carbocycles. The summed E-state index contributed by atoms with van der Waals surface area (Å²) >= 11 is 5.70. The summed E-state index contributed by atoms with van der Waals surface area (Å²) in [5.74, 6) is 0.429. The van der Waals surface area contributed by atoms with Crippen molar-refractivity contribution in [2.45, 2.75) is 12.8 Å². The summed E-state index contributed by atoms with van der Waals surface area (Å²) in [7, 11) is 2.06. The van der Waals surface area contributed by atoms with E-state index in [0.29, 0.717) is 12.5 Å². The van der Waals surface area contributed by atoms with E-state index in [1.54, 1.807) is 0 Å². The van der Waals surface area contributed by atoms with Crippen molar-refractivity contribution in [2.75, 3.05) is 26.7 Å². The van der Waals surface area contributed by atoms with E-state index in [2.05, 4.69) is 16.9 Å². The van der Waals surface area contributed by atoms with Crippen LogP contribution < -0.4 is 4.74 Å². The molecule has 1 aliphatic rings. The molecule has 0 radical (unpaired) electrons. The summed E-state index contributed by atoms with van der Waals surface area (Å²) in [6.07, 6.45) is 3.56. The average molecular weight is 286 g/mol. The number of likely N-dealkylation sites (tertiary alicyclic amines) is 1. The van der Waals surface area contributed by atoms with Crippen molar-refractivity contribution in [1.82, 2.24) is 9.88 Å². The van der Waals surface area contributed by atoms with Crippen molar-refractivity contribution in [3.8, 4) is 5.88 Å². The maximum Gasteiger partial charge on any atom is 0.332 e. The number of nitro groups is 1. The highest BCUT2D eigenvalue weighted by molar-refractivity contribution is 6.30. The maximum atomic E-state index is 10.9. The molecule has 2 heterocycles. The van der Waals surface area contributed by atoms with Gasteiger partial charge in [-0.1, -0.05) is 11.6 Å². The molecule has 1 aromatic heterocycles. The lowest BCUT2D eigenvalue weighted by molar-refractivity contribution is -0.386. The number of hydrogen-bond donors (Lipinski definition) is 0. The Morgan fingerprint density at radius 3 is 3.16 bits per heavy atom. The zero-order chi connectivity index (χ0) is 13.8. The molecule has 1 aliphatic heterocycles. The zero-order valence-electron chi connectivity index (χ0n) is 10.7. The molecule has 2 rings (SSSR count). The molecule has 1 saturated heterocycles. The third kappa shape index (κ3) is 3.78. The van der Waals surface area contributed by atoms with E-state index in [-0.39, 0.29) is 16.6 Å². The predicted molar refractivity (Wildman–Crippen MR) is 71.6 cm³/mol. The van der Waals surface area contributed by atoms with Crippen LogP contribution in [0.3, 0.4) is 0 Å². The van der Waals surface area contributed by atoms with E-state index in [9.17, 15) is 10.1 Å². The zero-order valence-corrected chi connectivity index (χ0v) is 11.5. The second-order valence-corrected chi connectivity index (χ2v) is 5.25. The summed E-state index contributed by atoms with van der Waals surface area (Å²) in [5, 5.41) is 11.1. The standard InChI is InChI=1S/C12H16ClN3O3/c1-15-4-2-3-9(7-15)8-19-12-11(16(17)18)5-10(13)6-14-12/h5-6,9H,2-4,7-8H2,1H3. The van der Waals surface area contributed by atoms with Crippen molar-refractivity contribution >= 4 is 17.3 Å². The monoisotopic (exact) mass is 285 g/mol. The van der Waals surface area contributed by atoms with Gasteiger partial charge in [0.25, 0.3) is 5.88 Å². The molecule has 1 aromatic rings. The van der Waals surface area contributed by atoms with Gasteiger partial charge in [0.2, 0.25) is 0 Å². The van der Waals surface area contributed by atoms with Gasteiger partial charge in [0.15, 0.2) is 0 Å². The van der Waals surface area contributed by atoms with Gasteiger partial charge in [-0.15, -0.1) is 0 Å². The van der Waals surface area contributed by atoms with E-state index >= 15 is 0 Å². The molecule has 1 atom stereocenters. The SMILES string of the molecule is CN1CCCC(COc2ncc(Cl)cc2[N+](=O)[O-])C1. The van der Waals surface area contributed by atoms with Gasteiger partial charge in [-0.05, 0) is 26.4 Å². The molecule has 0 spiro atoms. The van der Waals surface area contributed by atoms with Crippen LogP contribution in [0.15, 0.2) is 12.3 Å². The summed E-state index contributed by atoms with van der Waals surface area (Å²) in [6.45, 7) is 2.48. The van der Waals surface area contributed by atoms with Gasteiger partial charge >= 0.3 is 5.69 Å². The van der Waals surface area contributed by atoms with Crippen LogP contribution in [0.2, 0.25) is 5.02 Å². The first-order valence-electron chi connectivity index (χ1n) is 6.17. The molecule has 1 fully saturated rings. The molecule has 1 unspecified atom stereocenters. The lowest BCUT2D eigenvalue weighted by Gasteiger charge is -2.29. The van der Waals surface area contributed by atoms with Crippen LogP contribution in [0.5, 0.6) is 5.88 Å². The highest BCUT2D eigenvalue weighted by Gasteiger charge is 2.21. The first-order valence-corrected chi connectivity index (χ1v) is 6.55. The number of pyridine rings is 1. The number of halogens is 1. The molecular formula is C12H16ClN3O3. The lowest BCUT2D eigenvalue weighted by Crippen LogP contribution is -2.34. The normalized spacial score (nSPS) is 20.2. The molecule has 7 heteroatoms. The minimum absolute atomic E-state index is 0.0441. The largest absolute Gasteiger partial charge is 0.472 e. The Labute approximate surface area is 116 Å². The first-order chi connectivity index (χ1) is 9.06. The van der Waals surface area contributed by atoms with E-state index in [1.165, 1.54) is 12.3 Å². The third-order valence-electron chi connectivity index (χ3n) is 3.17. The van der Waals surface area contributed by atoms with Crippen LogP contribution in [-0.2, 0) is 0 Å². The Morgan fingerprint density at radius 2 is 2.47 bits per heavy atom. The van der Waals surface area contributed by atoms with Gasteiger partial charge < -0.3 is 9.64 Å². The van der Waals surface area contributed by atoms with Crippen LogP contribution in [-0.4, -0.2) is 41.6 Å². The Balaban J connectivity index is 2.01. The second-order valence-electron chi connectivity index (χ2n) is 4.82. The number of rotatable bonds is 4. The van der Waals surface area contributed by atoms with Gasteiger partial charge in [-0.2, -0.15) is 0 Å². The van der Waals surface area contributed by atoms with E-state index in [1.807, 2.05) is 0 Å². The van der Waals surface area contributed by atoms with E-state index in [4.69, 9.17) is 16.3 Å². The van der Waals surface area contributed by atoms with E-state index < -0.39 is 4.92 Å². The van der Waals surface area contributed by atoms with Crippen molar-refractivity contribution in [1.29, 1.82) is 0 Å². The van der Waals surface area contributed by atoms with E-state index in [0.717, 1.165) is 25.9 Å². The fourth-order valence-corrected chi connectivity index (χ4v) is 2.42. The predicted octanol–water partition coefficient (Wildman–Crippen LogP) is 2.36. The molecule has 19 heavy (non-hydrogen) atoms. The van der Waals surface area contributed by atoms with Crippen LogP contribution in [0.1, 0.15) is 12.8 Å². The molecular weight excluding hydrogens is 270 g/mol. The number of ether oxygens (including phenoxy) is 1. The third-order valence-corrected chi connectivity index (χ3v) is 3.38. The Hall–Kier alpha value is -1.40. The fraction of sp³-hybridized carbons (Fsp3) is 0.583.